The van der Waals surface area contributed by atoms with Crippen molar-refractivity contribution in [2.75, 3.05) is 59.8 Å². The van der Waals surface area contributed by atoms with E-state index in [1.807, 2.05) is 60.7 Å². The normalized spacial score (nSPS) is 11.3. The average molecular weight is 532 g/mol. The van der Waals surface area contributed by atoms with Crippen LogP contribution < -0.4 is 16.0 Å². The molecule has 0 aromatic heterocycles. The Morgan fingerprint density at radius 1 is 0.684 bits per heavy atom. The van der Waals surface area contributed by atoms with E-state index in [4.69, 9.17) is 23.7 Å². The van der Waals surface area contributed by atoms with E-state index >= 15 is 0 Å². The summed E-state index contributed by atoms with van der Waals surface area (Å²) >= 11 is 0. The van der Waals surface area contributed by atoms with E-state index in [0.29, 0.717) is 39.5 Å². The minimum absolute atomic E-state index is 0.112. The molecule has 1 atom stereocenters. The lowest BCUT2D eigenvalue weighted by Gasteiger charge is -2.18. The van der Waals surface area contributed by atoms with Crippen molar-refractivity contribution in [3.63, 3.8) is 0 Å². The number of hydrogen-bond donors (Lipinski definition) is 3. The summed E-state index contributed by atoms with van der Waals surface area (Å²) in [7, 11) is 1.49. The van der Waals surface area contributed by atoms with Crippen molar-refractivity contribution in [3.8, 4) is 0 Å². The van der Waals surface area contributed by atoms with Gasteiger partial charge in [0.1, 0.15) is 19.3 Å². The average Bonchev–Trinajstić information content (AvgIpc) is 2.94. The number of rotatable bonds is 18. The highest BCUT2D eigenvalue weighted by molar-refractivity contribution is 5.85. The van der Waals surface area contributed by atoms with Gasteiger partial charge in [-0.25, -0.2) is 9.59 Å². The molecule has 38 heavy (non-hydrogen) atoms. The maximum atomic E-state index is 12.8. The summed E-state index contributed by atoms with van der Waals surface area (Å²) in [4.78, 5) is 36.0. The Bertz CT molecular complexity index is 930. The maximum Gasteiger partial charge on any atom is 0.408 e. The third-order valence-electron chi connectivity index (χ3n) is 5.06. The molecule has 0 radical (unpaired) electrons. The first-order valence-electron chi connectivity index (χ1n) is 12.4. The van der Waals surface area contributed by atoms with Crippen molar-refractivity contribution < 1.29 is 38.1 Å². The highest BCUT2D eigenvalue weighted by atomic mass is 16.6. The van der Waals surface area contributed by atoms with Crippen molar-refractivity contribution in [3.05, 3.63) is 71.8 Å². The molecule has 0 aliphatic heterocycles. The highest BCUT2D eigenvalue weighted by Gasteiger charge is 2.21. The second kappa shape index (κ2) is 19.4. The zero-order valence-electron chi connectivity index (χ0n) is 21.7. The molecule has 0 bridgehead atoms. The SMILES string of the molecule is CNC(=O)OCCOCCOCCOCCNC(=O)[C@H](Cc1ccccc1)NC(=O)OCc1ccccc1. The molecule has 11 nitrogen and oxygen atoms in total. The van der Waals surface area contributed by atoms with Gasteiger partial charge >= 0.3 is 12.2 Å². The summed E-state index contributed by atoms with van der Waals surface area (Å²) in [6.07, 6.45) is -0.842. The molecule has 0 spiro atoms. The number of nitrogens with one attached hydrogen (secondary N) is 3. The molecular formula is C27H37N3O8. The topological polar surface area (TPSA) is 133 Å². The highest BCUT2D eigenvalue weighted by Crippen LogP contribution is 2.05. The second-order valence-electron chi connectivity index (χ2n) is 7.96. The summed E-state index contributed by atoms with van der Waals surface area (Å²) in [6.45, 7) is 2.62. The third-order valence-corrected chi connectivity index (χ3v) is 5.06. The van der Waals surface area contributed by atoms with E-state index in [1.165, 1.54) is 7.05 Å². The lowest BCUT2D eigenvalue weighted by atomic mass is 10.1. The Morgan fingerprint density at radius 2 is 1.24 bits per heavy atom. The van der Waals surface area contributed by atoms with Gasteiger partial charge in [-0.05, 0) is 11.1 Å². The van der Waals surface area contributed by atoms with E-state index in [2.05, 4.69) is 16.0 Å². The van der Waals surface area contributed by atoms with Gasteiger partial charge in [-0.15, -0.1) is 0 Å². The van der Waals surface area contributed by atoms with Crippen LogP contribution in [-0.4, -0.2) is 84.0 Å². The molecular weight excluding hydrogens is 494 g/mol. The molecule has 0 aliphatic rings. The van der Waals surface area contributed by atoms with Gasteiger partial charge in [-0.1, -0.05) is 60.7 Å². The fourth-order valence-electron chi connectivity index (χ4n) is 3.14. The Morgan fingerprint density at radius 3 is 1.84 bits per heavy atom. The fourth-order valence-corrected chi connectivity index (χ4v) is 3.14. The molecule has 2 aromatic carbocycles. The first-order valence-corrected chi connectivity index (χ1v) is 12.4. The summed E-state index contributed by atoms with van der Waals surface area (Å²) in [6, 6.07) is 17.9. The quantitative estimate of drug-likeness (QED) is 0.249. The van der Waals surface area contributed by atoms with Crippen molar-refractivity contribution in [1.29, 1.82) is 0 Å². The van der Waals surface area contributed by atoms with Gasteiger partial charge in [0.25, 0.3) is 0 Å². The number of carbonyl (C=O) groups excluding carboxylic acids is 3. The molecule has 0 heterocycles. The minimum Gasteiger partial charge on any atom is -0.447 e. The molecule has 3 N–H and O–H groups in total. The lowest BCUT2D eigenvalue weighted by Crippen LogP contribution is -2.48. The zero-order valence-corrected chi connectivity index (χ0v) is 21.7. The maximum absolute atomic E-state index is 12.8. The van der Waals surface area contributed by atoms with Crippen LogP contribution in [0.15, 0.2) is 60.7 Å². The van der Waals surface area contributed by atoms with Crippen LogP contribution in [0.1, 0.15) is 11.1 Å². The number of alkyl carbamates (subject to hydrolysis) is 2. The predicted molar refractivity (Wildman–Crippen MR) is 140 cm³/mol. The first-order chi connectivity index (χ1) is 18.6. The lowest BCUT2D eigenvalue weighted by molar-refractivity contribution is -0.123. The van der Waals surface area contributed by atoms with Gasteiger partial charge in [0.05, 0.1) is 39.6 Å². The fraction of sp³-hybridized carbons (Fsp3) is 0.444. The number of hydrogen-bond acceptors (Lipinski definition) is 8. The molecule has 2 aromatic rings. The van der Waals surface area contributed by atoms with Gasteiger partial charge in [0.15, 0.2) is 0 Å². The monoisotopic (exact) mass is 531 g/mol. The summed E-state index contributed by atoms with van der Waals surface area (Å²) in [5.74, 6) is -0.331. The molecule has 2 rings (SSSR count). The van der Waals surface area contributed by atoms with Crippen LogP contribution in [0.25, 0.3) is 0 Å². The number of benzene rings is 2. The van der Waals surface area contributed by atoms with Crippen LogP contribution in [0.2, 0.25) is 0 Å². The molecule has 208 valence electrons. The molecule has 0 aliphatic carbocycles. The van der Waals surface area contributed by atoms with Crippen LogP contribution in [0.5, 0.6) is 0 Å². The minimum atomic E-state index is -0.800. The van der Waals surface area contributed by atoms with Crippen LogP contribution in [0.4, 0.5) is 9.59 Å². The molecule has 0 saturated heterocycles. The first kappa shape index (κ1) is 30.6. The van der Waals surface area contributed by atoms with E-state index in [9.17, 15) is 14.4 Å². The molecule has 11 heteroatoms. The Balaban J connectivity index is 1.60. The van der Waals surface area contributed by atoms with Crippen molar-refractivity contribution in [2.45, 2.75) is 19.1 Å². The van der Waals surface area contributed by atoms with Gasteiger partial charge in [0.2, 0.25) is 5.91 Å². The van der Waals surface area contributed by atoms with Gasteiger partial charge in [0, 0.05) is 20.0 Å². The Kier molecular flexibility index (Phi) is 15.6. The Labute approximate surface area is 223 Å². The van der Waals surface area contributed by atoms with Gasteiger partial charge in [-0.2, -0.15) is 0 Å². The van der Waals surface area contributed by atoms with Crippen LogP contribution in [0.3, 0.4) is 0 Å². The van der Waals surface area contributed by atoms with Crippen molar-refractivity contribution >= 4 is 18.1 Å². The molecule has 3 amide bonds. The number of ether oxygens (including phenoxy) is 5. The second-order valence-corrected chi connectivity index (χ2v) is 7.96. The largest absolute Gasteiger partial charge is 0.447 e. The third kappa shape index (κ3) is 14.2. The Hall–Kier alpha value is -3.67. The van der Waals surface area contributed by atoms with Crippen molar-refractivity contribution in [2.24, 2.45) is 0 Å². The van der Waals surface area contributed by atoms with Crippen LogP contribution >= 0.6 is 0 Å². The van der Waals surface area contributed by atoms with E-state index in [-0.39, 0.29) is 32.3 Å². The van der Waals surface area contributed by atoms with Crippen LogP contribution in [0, 0.1) is 0 Å². The van der Waals surface area contributed by atoms with E-state index in [0.717, 1.165) is 11.1 Å². The zero-order chi connectivity index (χ0) is 27.3. The number of amides is 3. The van der Waals surface area contributed by atoms with Crippen LogP contribution in [-0.2, 0) is 41.5 Å². The van der Waals surface area contributed by atoms with Crippen molar-refractivity contribution in [1.82, 2.24) is 16.0 Å². The predicted octanol–water partition coefficient (Wildman–Crippen LogP) is 2.05. The molecule has 0 fully saturated rings. The number of carbonyl (C=O) groups is 3. The standard InChI is InChI=1S/C27H37N3O8/c1-28-26(32)37-19-18-36-17-16-35-15-14-34-13-12-29-25(31)24(20-22-8-4-2-5-9-22)30-27(33)38-21-23-10-6-3-7-11-23/h2-11,24H,12-21H2,1H3,(H,28,32)(H,29,31)(H,30,33)/t24-/m0/s1. The van der Waals surface area contributed by atoms with E-state index < -0.39 is 18.2 Å². The summed E-state index contributed by atoms with van der Waals surface area (Å²) < 4.78 is 26.2. The van der Waals surface area contributed by atoms with E-state index in [1.54, 1.807) is 0 Å². The summed E-state index contributed by atoms with van der Waals surface area (Å²) in [5.41, 5.74) is 1.76. The smallest absolute Gasteiger partial charge is 0.408 e. The van der Waals surface area contributed by atoms with Gasteiger partial charge < -0.3 is 39.6 Å². The van der Waals surface area contributed by atoms with Gasteiger partial charge in [-0.3, -0.25) is 4.79 Å². The molecule has 0 unspecified atom stereocenters. The molecule has 0 saturated carbocycles. The summed E-state index contributed by atoms with van der Waals surface area (Å²) in [5, 5.41) is 7.80.